The van der Waals surface area contributed by atoms with Gasteiger partial charge >= 0.3 is 5.71 Å². The van der Waals surface area contributed by atoms with Gasteiger partial charge in [-0.1, -0.05) is 23.2 Å². The van der Waals surface area contributed by atoms with Crippen LogP contribution in [0.1, 0.15) is 5.56 Å². The highest BCUT2D eigenvalue weighted by Crippen LogP contribution is 2.22. The largest absolute Gasteiger partial charge is 0.361 e. The molecule has 0 aliphatic heterocycles. The molecular formula is C8H4Cl2N2O. The van der Waals surface area contributed by atoms with Crippen LogP contribution in [0.25, 0.3) is 5.53 Å². The third kappa shape index (κ3) is 2.16. The molecule has 0 bridgehead atoms. The predicted octanol–water partition coefficient (Wildman–Crippen LogP) is 2.21. The zero-order valence-electron chi connectivity index (χ0n) is 6.37. The van der Waals surface area contributed by atoms with Crippen LogP contribution in [0.2, 0.25) is 10.0 Å². The molecule has 13 heavy (non-hydrogen) atoms. The van der Waals surface area contributed by atoms with Crippen LogP contribution in [0.3, 0.4) is 0 Å². The van der Waals surface area contributed by atoms with Crippen molar-refractivity contribution in [1.29, 1.82) is 0 Å². The molecular weight excluding hydrogens is 211 g/mol. The van der Waals surface area contributed by atoms with Gasteiger partial charge in [-0.3, -0.25) is 4.79 Å². The summed E-state index contributed by atoms with van der Waals surface area (Å²) in [6.07, 6.45) is 0.430. The van der Waals surface area contributed by atoms with E-state index in [1.54, 1.807) is 0 Å². The summed E-state index contributed by atoms with van der Waals surface area (Å²) >= 11 is 11.3. The molecule has 66 valence electrons. The lowest BCUT2D eigenvalue weighted by atomic mass is 10.1. The molecule has 1 aromatic carbocycles. The highest BCUT2D eigenvalue weighted by molar-refractivity contribution is 6.43. The van der Waals surface area contributed by atoms with E-state index in [0.717, 1.165) is 0 Å². The first-order chi connectivity index (χ1) is 6.19. The molecule has 0 radical (unpaired) electrons. The lowest BCUT2D eigenvalue weighted by Crippen LogP contribution is -2.02. The van der Waals surface area contributed by atoms with Gasteiger partial charge in [0.1, 0.15) is 0 Å². The number of rotatable bonds is 2. The van der Waals surface area contributed by atoms with E-state index >= 15 is 0 Å². The van der Waals surface area contributed by atoms with Crippen molar-refractivity contribution in [3.8, 4) is 0 Å². The van der Waals surface area contributed by atoms with E-state index < -0.39 is 0 Å². The van der Waals surface area contributed by atoms with Crippen LogP contribution < -0.4 is 0 Å². The zero-order chi connectivity index (χ0) is 9.84. The number of benzene rings is 1. The highest BCUT2D eigenvalue weighted by Gasteiger charge is 2.11. The van der Waals surface area contributed by atoms with Crippen LogP contribution in [0, 0.1) is 0 Å². The van der Waals surface area contributed by atoms with Gasteiger partial charge in [-0.2, -0.15) is 4.79 Å². The molecule has 1 aromatic rings. The van der Waals surface area contributed by atoms with Crippen LogP contribution in [0.4, 0.5) is 0 Å². The van der Waals surface area contributed by atoms with E-state index in [9.17, 15) is 4.79 Å². The first-order valence-corrected chi connectivity index (χ1v) is 4.07. The Morgan fingerprint density at radius 1 is 1.38 bits per heavy atom. The van der Waals surface area contributed by atoms with Crippen molar-refractivity contribution in [2.24, 2.45) is 0 Å². The minimum atomic E-state index is -0.0847. The molecule has 0 aliphatic rings. The molecule has 1 rings (SSSR count). The number of nitrogens with zero attached hydrogens (tertiary/aromatic N) is 2. The highest BCUT2D eigenvalue weighted by atomic mass is 35.5. The van der Waals surface area contributed by atoms with Crippen LogP contribution in [-0.2, 0) is 4.79 Å². The monoisotopic (exact) mass is 214 g/mol. The van der Waals surface area contributed by atoms with Gasteiger partial charge < -0.3 is 5.53 Å². The van der Waals surface area contributed by atoms with E-state index in [4.69, 9.17) is 28.7 Å². The topological polar surface area (TPSA) is 53.5 Å². The Morgan fingerprint density at radius 2 is 2.08 bits per heavy atom. The summed E-state index contributed by atoms with van der Waals surface area (Å²) in [4.78, 5) is 13.2. The lowest BCUT2D eigenvalue weighted by Gasteiger charge is -1.94. The van der Waals surface area contributed by atoms with Crippen molar-refractivity contribution in [3.05, 3.63) is 39.3 Å². The van der Waals surface area contributed by atoms with Crippen molar-refractivity contribution in [3.63, 3.8) is 0 Å². The SMILES string of the molecule is [N-]=[N+]=C(C=O)c1ccc(Cl)c(Cl)c1. The Bertz CT molecular complexity index is 397. The third-order valence-corrected chi connectivity index (χ3v) is 2.17. The smallest absolute Gasteiger partial charge is 0.361 e. The van der Waals surface area contributed by atoms with Crippen molar-refractivity contribution in [1.82, 2.24) is 0 Å². The van der Waals surface area contributed by atoms with Crippen LogP contribution in [0.5, 0.6) is 0 Å². The maximum absolute atomic E-state index is 10.4. The number of hydrogen-bond acceptors (Lipinski definition) is 1. The summed E-state index contributed by atoms with van der Waals surface area (Å²) in [5, 5.41) is 0.691. The fourth-order valence-corrected chi connectivity index (χ4v) is 1.10. The van der Waals surface area contributed by atoms with Gasteiger partial charge in [-0.15, -0.1) is 0 Å². The normalized spacial score (nSPS) is 9.08. The van der Waals surface area contributed by atoms with Crippen molar-refractivity contribution < 1.29 is 9.58 Å². The molecule has 0 saturated heterocycles. The van der Waals surface area contributed by atoms with E-state index in [1.165, 1.54) is 18.2 Å². The molecule has 0 aliphatic carbocycles. The molecule has 0 N–H and O–H groups in total. The average Bonchev–Trinajstić information content (AvgIpc) is 2.13. The van der Waals surface area contributed by atoms with Crippen molar-refractivity contribution in [2.75, 3.05) is 0 Å². The first-order valence-electron chi connectivity index (χ1n) is 3.31. The van der Waals surface area contributed by atoms with Crippen LogP contribution in [0.15, 0.2) is 18.2 Å². The van der Waals surface area contributed by atoms with Crippen LogP contribution >= 0.6 is 23.2 Å². The van der Waals surface area contributed by atoms with E-state index in [2.05, 4.69) is 4.79 Å². The van der Waals surface area contributed by atoms with Gasteiger partial charge in [0, 0.05) is 0 Å². The number of carbonyl (C=O) groups excluding carboxylic acids is 1. The van der Waals surface area contributed by atoms with E-state index in [0.29, 0.717) is 21.9 Å². The summed E-state index contributed by atoms with van der Waals surface area (Å²) in [7, 11) is 0. The lowest BCUT2D eigenvalue weighted by molar-refractivity contribution is -0.106. The summed E-state index contributed by atoms with van der Waals surface area (Å²) in [5.74, 6) is 0. The molecule has 5 heteroatoms. The molecule has 0 atom stereocenters. The summed E-state index contributed by atoms with van der Waals surface area (Å²) in [6.45, 7) is 0. The maximum Gasteiger partial charge on any atom is 0.361 e. The first kappa shape index (κ1) is 9.93. The Hall–Kier alpha value is -1.15. The summed E-state index contributed by atoms with van der Waals surface area (Å²) < 4.78 is 0. The summed E-state index contributed by atoms with van der Waals surface area (Å²) in [6, 6.07) is 4.51. The van der Waals surface area contributed by atoms with Crippen LogP contribution in [-0.4, -0.2) is 16.8 Å². The Morgan fingerprint density at radius 3 is 2.54 bits per heavy atom. The zero-order valence-corrected chi connectivity index (χ0v) is 7.88. The minimum Gasteiger partial charge on any atom is -0.361 e. The van der Waals surface area contributed by atoms with Gasteiger partial charge in [0.05, 0.1) is 15.6 Å². The molecule has 0 amide bonds. The van der Waals surface area contributed by atoms with Gasteiger partial charge in [0.15, 0.2) is 0 Å². The third-order valence-electron chi connectivity index (χ3n) is 1.43. The second kappa shape index (κ2) is 4.19. The predicted molar refractivity (Wildman–Crippen MR) is 50.3 cm³/mol. The number of halogens is 2. The van der Waals surface area contributed by atoms with E-state index in [-0.39, 0.29) is 5.71 Å². The van der Waals surface area contributed by atoms with Gasteiger partial charge in [-0.25, -0.2) is 0 Å². The molecule has 0 aromatic heterocycles. The Balaban J connectivity index is 3.25. The van der Waals surface area contributed by atoms with Gasteiger partial charge in [0.25, 0.3) is 0 Å². The number of hydrogen-bond donors (Lipinski definition) is 0. The Labute approximate surface area is 84.5 Å². The second-order valence-electron chi connectivity index (χ2n) is 2.23. The average molecular weight is 215 g/mol. The quantitative estimate of drug-likeness (QED) is 0.323. The molecule has 0 unspecified atom stereocenters. The minimum absolute atomic E-state index is 0.0847. The molecule has 0 fully saturated rings. The standard InChI is InChI=1S/C8H4Cl2N2O/c9-6-2-1-5(3-7(6)10)8(4-13)12-11/h1-4H. The van der Waals surface area contributed by atoms with E-state index in [1.807, 2.05) is 0 Å². The fourth-order valence-electron chi connectivity index (χ4n) is 0.805. The van der Waals surface area contributed by atoms with Crippen molar-refractivity contribution >= 4 is 35.2 Å². The fraction of sp³-hybridized carbons (Fsp3) is 0. The van der Waals surface area contributed by atoms with Gasteiger partial charge in [0.2, 0.25) is 6.29 Å². The van der Waals surface area contributed by atoms with Crippen molar-refractivity contribution in [2.45, 2.75) is 0 Å². The Kier molecular flexibility index (Phi) is 3.20. The summed E-state index contributed by atoms with van der Waals surface area (Å²) in [5.41, 5.74) is 8.76. The molecule has 3 nitrogen and oxygen atoms in total. The second-order valence-corrected chi connectivity index (χ2v) is 3.05. The number of aldehydes is 1. The molecule has 0 heterocycles. The van der Waals surface area contributed by atoms with Gasteiger partial charge in [-0.05, 0) is 18.2 Å². The molecule has 0 spiro atoms. The molecule has 0 saturated carbocycles. The maximum atomic E-state index is 10.4. The number of carbonyl (C=O) groups is 1.